The monoisotopic (exact) mass is 497 g/mol. The van der Waals surface area contributed by atoms with Crippen molar-refractivity contribution in [3.63, 3.8) is 0 Å². The van der Waals surface area contributed by atoms with Gasteiger partial charge in [-0.3, -0.25) is 0 Å². The average Bonchev–Trinajstić information content (AvgIpc) is 3.39. The third-order valence-corrected chi connectivity index (χ3v) is 8.28. The molecule has 0 aliphatic heterocycles. The Labute approximate surface area is 195 Å². The second-order valence-electron chi connectivity index (χ2n) is 7.67. The smallest absolute Gasteiger partial charge is 0.245 e. The second kappa shape index (κ2) is 7.81. The van der Waals surface area contributed by atoms with E-state index in [1.54, 1.807) is 29.2 Å². The Bertz CT molecular complexity index is 1710. The highest BCUT2D eigenvalue weighted by atomic mass is 32.3. The van der Waals surface area contributed by atoms with Crippen LogP contribution in [0.4, 0.5) is 17.3 Å². The van der Waals surface area contributed by atoms with Crippen LogP contribution in [0.2, 0.25) is 0 Å². The van der Waals surface area contributed by atoms with Gasteiger partial charge in [0, 0.05) is 23.6 Å². The number of fused-ring (bicyclic) bond motifs is 2. The van der Waals surface area contributed by atoms with Gasteiger partial charge in [0.15, 0.2) is 5.65 Å². The highest BCUT2D eigenvalue weighted by Gasteiger charge is 2.27. The number of H-pyrrole nitrogens is 1. The summed E-state index contributed by atoms with van der Waals surface area (Å²) < 4.78 is 49.9. The summed E-state index contributed by atoms with van der Waals surface area (Å²) in [7, 11) is -8.04. The molecular formula is C21H19N7O4S2. The number of benzene rings is 2. The van der Waals surface area contributed by atoms with Gasteiger partial charge in [-0.15, -0.1) is 0 Å². The first-order valence-electron chi connectivity index (χ1n) is 9.95. The molecule has 2 aromatic carbocycles. The predicted octanol–water partition coefficient (Wildman–Crippen LogP) is 2.77. The minimum absolute atomic E-state index is 0.00436. The predicted molar refractivity (Wildman–Crippen MR) is 130 cm³/mol. The number of rotatable bonds is 6. The van der Waals surface area contributed by atoms with Gasteiger partial charge in [0.25, 0.3) is 0 Å². The Hall–Kier alpha value is -3.97. The van der Waals surface area contributed by atoms with E-state index in [-0.39, 0.29) is 5.69 Å². The van der Waals surface area contributed by atoms with E-state index >= 15 is 0 Å². The van der Waals surface area contributed by atoms with Crippen LogP contribution in [0.25, 0.3) is 27.6 Å². The zero-order chi connectivity index (χ0) is 24.1. The number of hydrogen-bond donors (Lipinski definition) is 2. The van der Waals surface area contributed by atoms with E-state index < -0.39 is 20.0 Å². The first-order chi connectivity index (χ1) is 16.1. The lowest BCUT2D eigenvalue weighted by atomic mass is 10.2. The van der Waals surface area contributed by atoms with E-state index in [0.29, 0.717) is 21.0 Å². The molecule has 3 aromatic heterocycles. The van der Waals surface area contributed by atoms with Crippen molar-refractivity contribution in [3.8, 4) is 5.69 Å². The van der Waals surface area contributed by atoms with Crippen molar-refractivity contribution in [3.05, 3.63) is 67.1 Å². The molecule has 174 valence electrons. The van der Waals surface area contributed by atoms with Gasteiger partial charge in [0.2, 0.25) is 26.0 Å². The first-order valence-corrected chi connectivity index (χ1v) is 13.7. The standard InChI is InChI=1S/C21H19N7O4S2/c1-33(29,30)28(34(2,31)32)17-7-4-16(5-8-17)25-21-23-12-15-13-24-27(20(15)26-21)18-6-3-14-9-10-22-19(14)11-18/h3-13,22H,1-2H3,(H,23,25,26). The second-order valence-corrected chi connectivity index (χ2v) is 11.6. The third-order valence-electron chi connectivity index (χ3n) is 5.03. The van der Waals surface area contributed by atoms with Crippen LogP contribution in [0.5, 0.6) is 0 Å². The van der Waals surface area contributed by atoms with E-state index in [1.165, 1.54) is 12.1 Å². The Morgan fingerprint density at radius 1 is 0.912 bits per heavy atom. The number of nitrogens with zero attached hydrogens (tertiary/aromatic N) is 5. The van der Waals surface area contributed by atoms with Crippen molar-refractivity contribution in [2.24, 2.45) is 0 Å². The van der Waals surface area contributed by atoms with Gasteiger partial charge in [-0.2, -0.15) is 13.8 Å². The Balaban J connectivity index is 1.46. The molecule has 34 heavy (non-hydrogen) atoms. The van der Waals surface area contributed by atoms with Crippen LogP contribution in [-0.4, -0.2) is 54.1 Å². The number of hydrogen-bond acceptors (Lipinski definition) is 8. The minimum atomic E-state index is -4.02. The van der Waals surface area contributed by atoms with Crippen LogP contribution in [0, 0.1) is 0 Å². The molecule has 11 nitrogen and oxygen atoms in total. The van der Waals surface area contributed by atoms with E-state index in [9.17, 15) is 16.8 Å². The molecule has 3 heterocycles. The molecule has 5 aromatic rings. The van der Waals surface area contributed by atoms with Gasteiger partial charge in [-0.25, -0.2) is 26.5 Å². The maximum Gasteiger partial charge on any atom is 0.245 e. The quantitative estimate of drug-likeness (QED) is 0.365. The van der Waals surface area contributed by atoms with Crippen LogP contribution >= 0.6 is 0 Å². The molecule has 2 N–H and O–H groups in total. The molecule has 0 aliphatic rings. The summed E-state index contributed by atoms with van der Waals surface area (Å²) >= 11 is 0. The minimum Gasteiger partial charge on any atom is -0.361 e. The van der Waals surface area contributed by atoms with E-state index in [4.69, 9.17) is 0 Å². The average molecular weight is 498 g/mol. The molecule has 0 fully saturated rings. The van der Waals surface area contributed by atoms with Crippen LogP contribution in [0.1, 0.15) is 0 Å². The lowest BCUT2D eigenvalue weighted by molar-refractivity contribution is 0.590. The number of sulfonamides is 2. The van der Waals surface area contributed by atoms with Crippen LogP contribution in [0.15, 0.2) is 67.1 Å². The summed E-state index contributed by atoms with van der Waals surface area (Å²) in [6.45, 7) is 0. The van der Waals surface area contributed by atoms with E-state index in [0.717, 1.165) is 34.5 Å². The molecule has 0 atom stereocenters. The zero-order valence-corrected chi connectivity index (χ0v) is 19.7. The molecule has 0 bridgehead atoms. The highest BCUT2D eigenvalue weighted by molar-refractivity contribution is 8.09. The van der Waals surface area contributed by atoms with Crippen molar-refractivity contribution in [1.82, 2.24) is 24.7 Å². The van der Waals surface area contributed by atoms with Crippen LogP contribution in [-0.2, 0) is 20.0 Å². The highest BCUT2D eigenvalue weighted by Crippen LogP contribution is 2.25. The molecule has 0 radical (unpaired) electrons. The summed E-state index contributed by atoms with van der Waals surface area (Å²) in [6.07, 6.45) is 6.86. The maximum absolute atomic E-state index is 12.0. The summed E-state index contributed by atoms with van der Waals surface area (Å²) in [5.74, 6) is 0.297. The van der Waals surface area contributed by atoms with E-state index in [2.05, 4.69) is 25.4 Å². The molecule has 0 amide bonds. The fourth-order valence-electron chi connectivity index (χ4n) is 3.66. The van der Waals surface area contributed by atoms with Gasteiger partial charge in [-0.05, 0) is 47.9 Å². The zero-order valence-electron chi connectivity index (χ0n) is 18.0. The number of aromatic amines is 1. The fourth-order valence-corrected chi connectivity index (χ4v) is 6.64. The number of anilines is 3. The normalized spacial score (nSPS) is 12.3. The summed E-state index contributed by atoms with van der Waals surface area (Å²) in [5, 5.41) is 9.32. The summed E-state index contributed by atoms with van der Waals surface area (Å²) in [5.41, 5.74) is 2.96. The lowest BCUT2D eigenvalue weighted by Gasteiger charge is -2.19. The van der Waals surface area contributed by atoms with Crippen LogP contribution in [0.3, 0.4) is 0 Å². The summed E-state index contributed by atoms with van der Waals surface area (Å²) in [6, 6.07) is 13.8. The van der Waals surface area contributed by atoms with Crippen molar-refractivity contribution in [2.75, 3.05) is 21.5 Å². The third kappa shape index (κ3) is 4.06. The first kappa shape index (κ1) is 21.9. The van der Waals surface area contributed by atoms with Crippen molar-refractivity contribution >= 4 is 59.3 Å². The largest absolute Gasteiger partial charge is 0.361 e. The SMILES string of the molecule is CS(=O)(=O)N(c1ccc(Nc2ncc3cnn(-c4ccc5cc[nH]c5c4)c3n2)cc1)S(C)(=O)=O. The molecule has 13 heteroatoms. The van der Waals surface area contributed by atoms with E-state index in [1.807, 2.05) is 30.5 Å². The molecule has 0 aliphatic carbocycles. The topological polar surface area (TPSA) is 143 Å². The Kier molecular flexibility index (Phi) is 5.02. The molecular weight excluding hydrogens is 478 g/mol. The summed E-state index contributed by atoms with van der Waals surface area (Å²) in [4.78, 5) is 12.1. The van der Waals surface area contributed by atoms with Gasteiger partial charge in [-0.1, -0.05) is 6.07 Å². The van der Waals surface area contributed by atoms with Gasteiger partial charge in [0.1, 0.15) is 0 Å². The molecule has 5 rings (SSSR count). The fraction of sp³-hybridized carbons (Fsp3) is 0.0952. The van der Waals surface area contributed by atoms with Gasteiger partial charge < -0.3 is 10.3 Å². The molecule has 0 saturated carbocycles. The number of aromatic nitrogens is 5. The van der Waals surface area contributed by atoms with Crippen molar-refractivity contribution < 1.29 is 16.8 Å². The molecule has 0 saturated heterocycles. The van der Waals surface area contributed by atoms with Crippen molar-refractivity contribution in [2.45, 2.75) is 0 Å². The van der Waals surface area contributed by atoms with Crippen molar-refractivity contribution in [1.29, 1.82) is 0 Å². The maximum atomic E-state index is 12.0. The molecule has 0 unspecified atom stereocenters. The Morgan fingerprint density at radius 3 is 2.35 bits per heavy atom. The Morgan fingerprint density at radius 2 is 1.65 bits per heavy atom. The van der Waals surface area contributed by atoms with Gasteiger partial charge >= 0.3 is 0 Å². The molecule has 0 spiro atoms. The number of nitrogens with one attached hydrogen (secondary N) is 2. The lowest BCUT2D eigenvalue weighted by Crippen LogP contribution is -2.35. The van der Waals surface area contributed by atoms with Crippen LogP contribution < -0.4 is 9.03 Å². The van der Waals surface area contributed by atoms with Gasteiger partial charge in [0.05, 0.1) is 35.5 Å².